The fourth-order valence-corrected chi connectivity index (χ4v) is 4.03. The molecule has 0 N–H and O–H groups in total. The molecule has 1 heterocycles. The summed E-state index contributed by atoms with van der Waals surface area (Å²) in [5.41, 5.74) is 2.84. The molecule has 0 aliphatic carbocycles. The van der Waals surface area contributed by atoms with Gasteiger partial charge in [-0.25, -0.2) is 0 Å². The zero-order chi connectivity index (χ0) is 16.8. The summed E-state index contributed by atoms with van der Waals surface area (Å²) in [5.74, 6) is 0. The van der Waals surface area contributed by atoms with Crippen LogP contribution in [-0.2, 0) is 6.42 Å². The van der Waals surface area contributed by atoms with Crippen LogP contribution in [0.15, 0.2) is 54.6 Å². The fourth-order valence-electron chi connectivity index (χ4n) is 3.81. The van der Waals surface area contributed by atoms with Gasteiger partial charge in [0.15, 0.2) is 0 Å². The van der Waals surface area contributed by atoms with Crippen LogP contribution in [0.25, 0.3) is 0 Å². The number of halogens is 1. The lowest BCUT2D eigenvalue weighted by atomic mass is 9.88. The van der Waals surface area contributed by atoms with E-state index in [9.17, 15) is 0 Å². The van der Waals surface area contributed by atoms with Crippen LogP contribution in [-0.4, -0.2) is 17.5 Å². The van der Waals surface area contributed by atoms with Gasteiger partial charge in [-0.1, -0.05) is 80.3 Å². The second-order valence-corrected chi connectivity index (χ2v) is 7.37. The molecule has 0 aromatic heterocycles. The Hall–Kier alpha value is -1.31. The zero-order valence-electron chi connectivity index (χ0n) is 14.6. The Kier molecular flexibility index (Phi) is 6.34. The summed E-state index contributed by atoms with van der Waals surface area (Å²) in [5, 5.41) is 0.848. The molecule has 1 aliphatic rings. The largest absolute Gasteiger partial charge is 0.293 e. The minimum atomic E-state index is 0.565. The molecule has 0 radical (unpaired) electrons. The van der Waals surface area contributed by atoms with Gasteiger partial charge in [-0.3, -0.25) is 4.90 Å². The van der Waals surface area contributed by atoms with Crippen LogP contribution in [0.5, 0.6) is 0 Å². The third-order valence-corrected chi connectivity index (χ3v) is 5.45. The molecule has 1 fully saturated rings. The van der Waals surface area contributed by atoms with Gasteiger partial charge in [0.1, 0.15) is 0 Å². The first kappa shape index (κ1) is 17.5. The average molecular weight is 342 g/mol. The number of hydrogen-bond acceptors (Lipinski definition) is 1. The van der Waals surface area contributed by atoms with Gasteiger partial charge in [0.2, 0.25) is 0 Å². The zero-order valence-corrected chi connectivity index (χ0v) is 15.4. The minimum Gasteiger partial charge on any atom is -0.293 e. The highest BCUT2D eigenvalue weighted by Crippen LogP contribution is 2.35. The highest BCUT2D eigenvalue weighted by molar-refractivity contribution is 6.30. The van der Waals surface area contributed by atoms with E-state index in [0.29, 0.717) is 12.1 Å². The van der Waals surface area contributed by atoms with Crippen molar-refractivity contribution in [1.29, 1.82) is 0 Å². The number of rotatable bonds is 8. The fraction of sp³-hybridized carbons (Fsp3) is 0.455. The van der Waals surface area contributed by atoms with Gasteiger partial charge in [0.05, 0.1) is 0 Å². The van der Waals surface area contributed by atoms with Crippen molar-refractivity contribution in [1.82, 2.24) is 4.90 Å². The first-order valence-corrected chi connectivity index (χ1v) is 9.71. The molecular weight excluding hydrogens is 314 g/mol. The number of benzene rings is 2. The molecule has 1 nitrogen and oxygen atoms in total. The van der Waals surface area contributed by atoms with Crippen LogP contribution in [0.2, 0.25) is 5.02 Å². The molecule has 0 bridgehead atoms. The molecule has 0 amide bonds. The molecule has 1 saturated heterocycles. The summed E-state index contributed by atoms with van der Waals surface area (Å²) in [6.07, 6.45) is 7.60. The van der Waals surface area contributed by atoms with Gasteiger partial charge in [-0.2, -0.15) is 0 Å². The lowest BCUT2D eigenvalue weighted by Gasteiger charge is -2.47. The van der Waals surface area contributed by atoms with Gasteiger partial charge in [0, 0.05) is 23.7 Å². The quantitative estimate of drug-likeness (QED) is 0.511. The van der Waals surface area contributed by atoms with E-state index in [1.165, 1.54) is 49.8 Å². The second kappa shape index (κ2) is 8.69. The van der Waals surface area contributed by atoms with E-state index >= 15 is 0 Å². The SMILES string of the molecule is CCCCCC(c1ccccc1)N1CC[C@H]1Cc1cccc(Cl)c1. The summed E-state index contributed by atoms with van der Waals surface area (Å²) in [6.45, 7) is 3.50. The Morgan fingerprint density at radius 2 is 1.92 bits per heavy atom. The van der Waals surface area contributed by atoms with Crippen LogP contribution in [0.3, 0.4) is 0 Å². The number of unbranched alkanes of at least 4 members (excludes halogenated alkanes) is 2. The second-order valence-electron chi connectivity index (χ2n) is 6.94. The Bertz CT molecular complexity index is 625. The molecule has 1 unspecified atom stereocenters. The Balaban J connectivity index is 1.70. The minimum absolute atomic E-state index is 0.565. The van der Waals surface area contributed by atoms with E-state index in [1.807, 2.05) is 6.07 Å². The number of likely N-dealkylation sites (tertiary alicyclic amines) is 1. The predicted molar refractivity (Wildman–Crippen MR) is 104 cm³/mol. The van der Waals surface area contributed by atoms with Crippen molar-refractivity contribution in [2.75, 3.05) is 6.54 Å². The molecule has 0 saturated carbocycles. The Morgan fingerprint density at radius 3 is 2.58 bits per heavy atom. The molecule has 1 aliphatic heterocycles. The topological polar surface area (TPSA) is 3.24 Å². The van der Waals surface area contributed by atoms with E-state index in [4.69, 9.17) is 11.6 Å². The lowest BCUT2D eigenvalue weighted by Crippen LogP contribution is -2.50. The average Bonchev–Trinajstić information content (AvgIpc) is 2.59. The molecule has 128 valence electrons. The summed E-state index contributed by atoms with van der Waals surface area (Å²) < 4.78 is 0. The van der Waals surface area contributed by atoms with Crippen molar-refractivity contribution in [3.05, 3.63) is 70.7 Å². The van der Waals surface area contributed by atoms with Crippen LogP contribution >= 0.6 is 11.6 Å². The first-order valence-electron chi connectivity index (χ1n) is 9.33. The third kappa shape index (κ3) is 4.40. The van der Waals surface area contributed by atoms with Crippen molar-refractivity contribution in [3.8, 4) is 0 Å². The van der Waals surface area contributed by atoms with Crippen molar-refractivity contribution in [2.45, 2.75) is 57.5 Å². The van der Waals surface area contributed by atoms with Crippen LogP contribution in [0, 0.1) is 0 Å². The summed E-state index contributed by atoms with van der Waals surface area (Å²) in [7, 11) is 0. The maximum absolute atomic E-state index is 6.16. The van der Waals surface area contributed by atoms with Crippen molar-refractivity contribution in [3.63, 3.8) is 0 Å². The highest BCUT2D eigenvalue weighted by atomic mass is 35.5. The molecule has 2 aromatic carbocycles. The van der Waals surface area contributed by atoms with Crippen LogP contribution < -0.4 is 0 Å². The van der Waals surface area contributed by atoms with Gasteiger partial charge >= 0.3 is 0 Å². The normalized spacial score (nSPS) is 19.0. The monoisotopic (exact) mass is 341 g/mol. The van der Waals surface area contributed by atoms with Gasteiger partial charge < -0.3 is 0 Å². The molecule has 2 heteroatoms. The number of nitrogens with zero attached hydrogens (tertiary/aromatic N) is 1. The van der Waals surface area contributed by atoms with Gasteiger partial charge in [-0.05, 0) is 42.5 Å². The molecule has 2 atom stereocenters. The summed E-state index contributed by atoms with van der Waals surface area (Å²) in [6, 6.07) is 20.6. The van der Waals surface area contributed by atoms with Crippen LogP contribution in [0.1, 0.15) is 56.2 Å². The van der Waals surface area contributed by atoms with E-state index in [-0.39, 0.29) is 0 Å². The maximum Gasteiger partial charge on any atom is 0.0408 e. The third-order valence-electron chi connectivity index (χ3n) is 5.22. The van der Waals surface area contributed by atoms with Crippen molar-refractivity contribution >= 4 is 11.6 Å². The smallest absolute Gasteiger partial charge is 0.0408 e. The van der Waals surface area contributed by atoms with E-state index in [1.54, 1.807) is 0 Å². The summed E-state index contributed by atoms with van der Waals surface area (Å²) >= 11 is 6.16. The van der Waals surface area contributed by atoms with Crippen molar-refractivity contribution < 1.29 is 0 Å². The van der Waals surface area contributed by atoms with Crippen molar-refractivity contribution in [2.24, 2.45) is 0 Å². The molecule has 24 heavy (non-hydrogen) atoms. The highest BCUT2D eigenvalue weighted by Gasteiger charge is 2.34. The van der Waals surface area contributed by atoms with E-state index in [0.717, 1.165) is 11.4 Å². The standard InChI is InChI=1S/C22H28ClN/c1-2-3-5-13-22(19-10-6-4-7-11-19)24-15-14-21(24)17-18-9-8-12-20(23)16-18/h4,6-12,16,21-22H,2-3,5,13-15,17H2,1H3/t21-,22?/m0/s1. The first-order chi connectivity index (χ1) is 11.8. The van der Waals surface area contributed by atoms with E-state index in [2.05, 4.69) is 60.4 Å². The van der Waals surface area contributed by atoms with E-state index < -0.39 is 0 Å². The Labute approximate surface area is 151 Å². The molecular formula is C22H28ClN. The Morgan fingerprint density at radius 1 is 1.08 bits per heavy atom. The molecule has 0 spiro atoms. The lowest BCUT2D eigenvalue weighted by molar-refractivity contribution is 0.0350. The van der Waals surface area contributed by atoms with Crippen LogP contribution in [0.4, 0.5) is 0 Å². The van der Waals surface area contributed by atoms with Gasteiger partial charge in [0.25, 0.3) is 0 Å². The maximum atomic E-state index is 6.16. The predicted octanol–water partition coefficient (Wildman–Crippen LogP) is 6.28. The molecule has 3 rings (SSSR count). The van der Waals surface area contributed by atoms with Gasteiger partial charge in [-0.15, -0.1) is 0 Å². The number of hydrogen-bond donors (Lipinski definition) is 0. The molecule has 2 aromatic rings. The summed E-state index contributed by atoms with van der Waals surface area (Å²) in [4.78, 5) is 2.71.